The first-order chi connectivity index (χ1) is 12.1. The summed E-state index contributed by atoms with van der Waals surface area (Å²) in [5.41, 5.74) is 1.44. The average Bonchev–Trinajstić information content (AvgIpc) is 2.63. The molecule has 0 atom stereocenters. The Balaban J connectivity index is 1.87. The largest absolute Gasteiger partial charge is 0.491 e. The first-order valence-corrected chi connectivity index (χ1v) is 8.11. The van der Waals surface area contributed by atoms with Crippen LogP contribution in [0, 0.1) is 0 Å². The van der Waals surface area contributed by atoms with E-state index in [0.717, 1.165) is 12.1 Å². The highest BCUT2D eigenvalue weighted by atomic mass is 16.5. The Kier molecular flexibility index (Phi) is 5.30. The minimum Gasteiger partial charge on any atom is -0.491 e. The zero-order valence-electron chi connectivity index (χ0n) is 14.4. The number of likely N-dealkylation sites (N-methyl/N-ethyl adjacent to an activating group) is 1. The maximum Gasteiger partial charge on any atom is 0.285 e. The summed E-state index contributed by atoms with van der Waals surface area (Å²) in [6.07, 6.45) is 0. The SMILES string of the molecule is CN(C)CCOc1ccccc1C1=NN(c2ccccc2)C(=O)CO1. The van der Waals surface area contributed by atoms with Gasteiger partial charge in [0.05, 0.1) is 11.3 Å². The van der Waals surface area contributed by atoms with Crippen molar-refractivity contribution in [2.24, 2.45) is 5.10 Å². The molecule has 2 aromatic rings. The van der Waals surface area contributed by atoms with Crippen LogP contribution in [0.2, 0.25) is 0 Å². The fourth-order valence-corrected chi connectivity index (χ4v) is 2.38. The van der Waals surface area contributed by atoms with Crippen LogP contribution in [0.3, 0.4) is 0 Å². The molecule has 1 amide bonds. The van der Waals surface area contributed by atoms with Gasteiger partial charge in [-0.3, -0.25) is 4.79 Å². The summed E-state index contributed by atoms with van der Waals surface area (Å²) in [6.45, 7) is 1.30. The smallest absolute Gasteiger partial charge is 0.285 e. The molecule has 0 radical (unpaired) electrons. The van der Waals surface area contributed by atoms with Crippen LogP contribution >= 0.6 is 0 Å². The summed E-state index contributed by atoms with van der Waals surface area (Å²) in [5.74, 6) is 0.857. The van der Waals surface area contributed by atoms with Crippen LogP contribution in [0.1, 0.15) is 5.56 Å². The van der Waals surface area contributed by atoms with E-state index in [-0.39, 0.29) is 12.5 Å². The van der Waals surface area contributed by atoms with Gasteiger partial charge in [-0.1, -0.05) is 30.3 Å². The second-order valence-corrected chi connectivity index (χ2v) is 5.88. The number of ether oxygens (including phenoxy) is 2. The van der Waals surface area contributed by atoms with Crippen LogP contribution in [-0.4, -0.2) is 50.6 Å². The predicted octanol–water partition coefficient (Wildman–Crippen LogP) is 2.35. The van der Waals surface area contributed by atoms with E-state index in [1.807, 2.05) is 73.6 Å². The fraction of sp³-hybridized carbons (Fsp3) is 0.263. The van der Waals surface area contributed by atoms with E-state index in [4.69, 9.17) is 9.47 Å². The lowest BCUT2D eigenvalue weighted by atomic mass is 10.2. The maximum absolute atomic E-state index is 12.2. The quantitative estimate of drug-likeness (QED) is 0.811. The molecule has 0 spiro atoms. The molecule has 25 heavy (non-hydrogen) atoms. The Bertz CT molecular complexity index is 760. The molecule has 3 rings (SSSR count). The third kappa shape index (κ3) is 4.16. The molecule has 0 saturated heterocycles. The summed E-state index contributed by atoms with van der Waals surface area (Å²) in [7, 11) is 3.99. The van der Waals surface area contributed by atoms with Crippen molar-refractivity contribution in [2.45, 2.75) is 0 Å². The van der Waals surface area contributed by atoms with Crippen LogP contribution in [0.4, 0.5) is 5.69 Å². The Hall–Kier alpha value is -2.86. The van der Waals surface area contributed by atoms with Gasteiger partial charge >= 0.3 is 0 Å². The van der Waals surface area contributed by atoms with Crippen molar-refractivity contribution in [3.63, 3.8) is 0 Å². The summed E-state index contributed by atoms with van der Waals surface area (Å²) in [6, 6.07) is 16.8. The van der Waals surface area contributed by atoms with Crippen LogP contribution in [0.5, 0.6) is 5.75 Å². The van der Waals surface area contributed by atoms with Gasteiger partial charge in [0.15, 0.2) is 6.61 Å². The number of hydrogen-bond acceptors (Lipinski definition) is 5. The van der Waals surface area contributed by atoms with E-state index < -0.39 is 0 Å². The summed E-state index contributed by atoms with van der Waals surface area (Å²) >= 11 is 0. The molecular formula is C19H21N3O3. The summed E-state index contributed by atoms with van der Waals surface area (Å²) in [4.78, 5) is 14.2. The molecule has 0 bridgehead atoms. The van der Waals surface area contributed by atoms with Gasteiger partial charge in [0.25, 0.3) is 5.91 Å². The third-order valence-electron chi connectivity index (χ3n) is 3.67. The first-order valence-electron chi connectivity index (χ1n) is 8.11. The molecule has 0 N–H and O–H groups in total. The number of carbonyl (C=O) groups is 1. The topological polar surface area (TPSA) is 54.4 Å². The number of hydrazone groups is 1. The van der Waals surface area contributed by atoms with E-state index in [2.05, 4.69) is 5.10 Å². The molecule has 130 valence electrons. The van der Waals surface area contributed by atoms with E-state index in [0.29, 0.717) is 23.9 Å². The number of anilines is 1. The maximum atomic E-state index is 12.2. The van der Waals surface area contributed by atoms with Gasteiger partial charge in [0, 0.05) is 6.54 Å². The average molecular weight is 339 g/mol. The van der Waals surface area contributed by atoms with Crippen LogP contribution in [0.15, 0.2) is 59.7 Å². The predicted molar refractivity (Wildman–Crippen MR) is 96.9 cm³/mol. The molecule has 2 aromatic carbocycles. The van der Waals surface area contributed by atoms with Gasteiger partial charge in [-0.2, -0.15) is 5.01 Å². The molecule has 0 aliphatic carbocycles. The summed E-state index contributed by atoms with van der Waals surface area (Å²) < 4.78 is 11.4. The first kappa shape index (κ1) is 17.0. The Morgan fingerprint density at radius 3 is 2.60 bits per heavy atom. The highest BCUT2D eigenvalue weighted by Crippen LogP contribution is 2.24. The second kappa shape index (κ2) is 7.81. The molecular weight excluding hydrogens is 318 g/mol. The second-order valence-electron chi connectivity index (χ2n) is 5.88. The Morgan fingerprint density at radius 2 is 1.84 bits per heavy atom. The normalized spacial score (nSPS) is 14.3. The van der Waals surface area contributed by atoms with E-state index in [1.54, 1.807) is 0 Å². The van der Waals surface area contributed by atoms with Gasteiger partial charge in [0.2, 0.25) is 5.90 Å². The number of hydrogen-bond donors (Lipinski definition) is 0. The number of rotatable bonds is 6. The highest BCUT2D eigenvalue weighted by Gasteiger charge is 2.25. The molecule has 1 aliphatic rings. The lowest BCUT2D eigenvalue weighted by Gasteiger charge is -2.24. The van der Waals surface area contributed by atoms with Crippen molar-refractivity contribution >= 4 is 17.5 Å². The van der Waals surface area contributed by atoms with Gasteiger partial charge in [-0.25, -0.2) is 0 Å². The summed E-state index contributed by atoms with van der Waals surface area (Å²) in [5, 5.41) is 5.77. The molecule has 6 nitrogen and oxygen atoms in total. The highest BCUT2D eigenvalue weighted by molar-refractivity contribution is 6.05. The van der Waals surface area contributed by atoms with Crippen molar-refractivity contribution in [3.8, 4) is 5.75 Å². The number of amides is 1. The number of para-hydroxylation sites is 2. The van der Waals surface area contributed by atoms with Crippen molar-refractivity contribution in [1.82, 2.24) is 4.90 Å². The Labute approximate surface area is 147 Å². The molecule has 0 aromatic heterocycles. The fourth-order valence-electron chi connectivity index (χ4n) is 2.38. The van der Waals surface area contributed by atoms with Gasteiger partial charge in [0.1, 0.15) is 12.4 Å². The number of benzene rings is 2. The van der Waals surface area contributed by atoms with Crippen LogP contribution in [0.25, 0.3) is 0 Å². The molecule has 0 saturated carbocycles. The van der Waals surface area contributed by atoms with Crippen LogP contribution < -0.4 is 9.75 Å². The van der Waals surface area contributed by atoms with Crippen molar-refractivity contribution < 1.29 is 14.3 Å². The van der Waals surface area contributed by atoms with E-state index in [1.165, 1.54) is 5.01 Å². The minimum absolute atomic E-state index is 0.0558. The lowest BCUT2D eigenvalue weighted by molar-refractivity contribution is -0.121. The number of nitrogens with zero attached hydrogens (tertiary/aromatic N) is 3. The Morgan fingerprint density at radius 1 is 1.12 bits per heavy atom. The standard InChI is InChI=1S/C19H21N3O3/c1-21(2)12-13-24-17-11-7-6-10-16(17)19-20-22(18(23)14-25-19)15-8-4-3-5-9-15/h3-11H,12-14H2,1-2H3. The zero-order chi connectivity index (χ0) is 17.6. The van der Waals surface area contributed by atoms with Crippen LogP contribution in [-0.2, 0) is 9.53 Å². The molecule has 0 unspecified atom stereocenters. The van der Waals surface area contributed by atoms with Crippen molar-refractivity contribution in [3.05, 3.63) is 60.2 Å². The molecule has 1 aliphatic heterocycles. The molecule has 6 heteroatoms. The van der Waals surface area contributed by atoms with Crippen molar-refractivity contribution in [2.75, 3.05) is 38.9 Å². The monoisotopic (exact) mass is 339 g/mol. The molecule has 0 fully saturated rings. The van der Waals surface area contributed by atoms with Gasteiger partial charge < -0.3 is 14.4 Å². The minimum atomic E-state index is -0.207. The third-order valence-corrected chi connectivity index (χ3v) is 3.67. The zero-order valence-corrected chi connectivity index (χ0v) is 14.4. The van der Waals surface area contributed by atoms with E-state index >= 15 is 0 Å². The molecule has 1 heterocycles. The van der Waals surface area contributed by atoms with Crippen molar-refractivity contribution in [1.29, 1.82) is 0 Å². The van der Waals surface area contributed by atoms with Gasteiger partial charge in [-0.15, -0.1) is 5.10 Å². The van der Waals surface area contributed by atoms with Gasteiger partial charge in [-0.05, 0) is 38.4 Å². The number of carbonyl (C=O) groups excluding carboxylic acids is 1. The lowest BCUT2D eigenvalue weighted by Crippen LogP contribution is -2.37. The van der Waals surface area contributed by atoms with E-state index in [9.17, 15) is 4.79 Å².